The lowest BCUT2D eigenvalue weighted by molar-refractivity contribution is 0.0513. The van der Waals surface area contributed by atoms with Crippen LogP contribution >= 0.6 is 0 Å². The van der Waals surface area contributed by atoms with Gasteiger partial charge in [0.25, 0.3) is 0 Å². The predicted octanol–water partition coefficient (Wildman–Crippen LogP) is 3.03. The maximum absolute atomic E-state index is 14.0. The van der Waals surface area contributed by atoms with E-state index in [0.29, 0.717) is 5.70 Å². The number of benzene rings is 1. The Kier molecular flexibility index (Phi) is 3.98. The van der Waals surface area contributed by atoms with E-state index in [9.17, 15) is 9.18 Å². The zero-order valence-corrected chi connectivity index (χ0v) is 11.4. The second-order valence-electron chi connectivity index (χ2n) is 4.19. The summed E-state index contributed by atoms with van der Waals surface area (Å²) in [6.07, 6.45) is 0. The maximum Gasteiger partial charge on any atom is 0.361 e. The van der Waals surface area contributed by atoms with E-state index in [0.717, 1.165) is 5.56 Å². The summed E-state index contributed by atoms with van der Waals surface area (Å²) in [4.78, 5) is 11.6. The van der Waals surface area contributed by atoms with E-state index in [1.807, 2.05) is 30.3 Å². The van der Waals surface area contributed by atoms with E-state index in [4.69, 9.17) is 4.74 Å². The quantitative estimate of drug-likeness (QED) is 0.805. The number of esters is 1. The van der Waals surface area contributed by atoms with Crippen LogP contribution in [0, 0.1) is 12.7 Å². The minimum absolute atomic E-state index is 0.170. The molecule has 0 spiro atoms. The summed E-state index contributed by atoms with van der Waals surface area (Å²) >= 11 is 0. The largest absolute Gasteiger partial charge is 0.461 e. The molecular formula is C15H15FN2O2. The predicted molar refractivity (Wildman–Crippen MR) is 73.8 cm³/mol. The van der Waals surface area contributed by atoms with Crippen LogP contribution in [-0.4, -0.2) is 22.4 Å². The molecule has 0 unspecified atom stereocenters. The highest BCUT2D eigenvalue weighted by Crippen LogP contribution is 2.20. The van der Waals surface area contributed by atoms with E-state index in [2.05, 4.69) is 11.7 Å². The summed E-state index contributed by atoms with van der Waals surface area (Å²) in [5, 5.41) is 3.97. The molecule has 0 amide bonds. The van der Waals surface area contributed by atoms with Gasteiger partial charge in [-0.1, -0.05) is 36.9 Å². The van der Waals surface area contributed by atoms with Gasteiger partial charge >= 0.3 is 5.97 Å². The third kappa shape index (κ3) is 2.47. The van der Waals surface area contributed by atoms with Crippen molar-refractivity contribution in [2.24, 2.45) is 0 Å². The van der Waals surface area contributed by atoms with Crippen molar-refractivity contribution < 1.29 is 13.9 Å². The molecule has 0 aliphatic heterocycles. The average Bonchev–Trinajstić information content (AvgIpc) is 2.76. The molecular weight excluding hydrogens is 259 g/mol. The lowest BCUT2D eigenvalue weighted by atomic mass is 10.2. The molecule has 1 aromatic carbocycles. The molecule has 1 heterocycles. The zero-order valence-electron chi connectivity index (χ0n) is 11.4. The van der Waals surface area contributed by atoms with Gasteiger partial charge in [0.05, 0.1) is 18.0 Å². The summed E-state index contributed by atoms with van der Waals surface area (Å²) in [7, 11) is 0. The van der Waals surface area contributed by atoms with E-state index in [1.165, 1.54) is 4.68 Å². The van der Waals surface area contributed by atoms with Crippen molar-refractivity contribution in [3.8, 4) is 0 Å². The van der Waals surface area contributed by atoms with Gasteiger partial charge in [-0.15, -0.1) is 0 Å². The number of halogens is 1. The fraction of sp³-hybridized carbons (Fsp3) is 0.200. The van der Waals surface area contributed by atoms with Gasteiger partial charge in [0.15, 0.2) is 5.82 Å². The molecule has 0 atom stereocenters. The van der Waals surface area contributed by atoms with Crippen LogP contribution in [0.25, 0.3) is 5.70 Å². The number of hydrogen-bond acceptors (Lipinski definition) is 3. The van der Waals surface area contributed by atoms with Crippen LogP contribution in [0.1, 0.15) is 28.7 Å². The van der Waals surface area contributed by atoms with Crippen molar-refractivity contribution in [2.45, 2.75) is 13.8 Å². The third-order valence-corrected chi connectivity index (χ3v) is 2.87. The number of nitrogens with zero attached hydrogens (tertiary/aromatic N) is 2. The Balaban J connectivity index is 2.41. The SMILES string of the molecule is C=C(c1ccccc1)n1nc(C(=O)OCC)c(F)c1C. The van der Waals surface area contributed by atoms with E-state index < -0.39 is 11.8 Å². The standard InChI is InChI=1S/C15H15FN2O2/c1-4-20-15(19)14-13(16)11(3)18(17-14)10(2)12-8-6-5-7-9-12/h5-9H,2,4H2,1,3H3. The minimum atomic E-state index is -0.771. The molecule has 0 saturated carbocycles. The van der Waals surface area contributed by atoms with Gasteiger partial charge in [0.2, 0.25) is 5.69 Å². The molecule has 4 nitrogen and oxygen atoms in total. The van der Waals surface area contributed by atoms with Crippen molar-refractivity contribution in [1.82, 2.24) is 9.78 Å². The van der Waals surface area contributed by atoms with Gasteiger partial charge in [-0.3, -0.25) is 0 Å². The highest BCUT2D eigenvalue weighted by atomic mass is 19.1. The summed E-state index contributed by atoms with van der Waals surface area (Å²) in [5.74, 6) is -1.45. The fourth-order valence-electron chi connectivity index (χ4n) is 1.83. The molecule has 0 aliphatic carbocycles. The Morgan fingerprint density at radius 3 is 2.65 bits per heavy atom. The molecule has 0 radical (unpaired) electrons. The maximum atomic E-state index is 14.0. The fourth-order valence-corrected chi connectivity index (χ4v) is 1.83. The number of carbonyl (C=O) groups excluding carboxylic acids is 1. The minimum Gasteiger partial charge on any atom is -0.461 e. The number of rotatable bonds is 4. The highest BCUT2D eigenvalue weighted by molar-refractivity contribution is 5.88. The Morgan fingerprint density at radius 2 is 2.05 bits per heavy atom. The molecule has 1 aromatic heterocycles. The Morgan fingerprint density at radius 1 is 1.40 bits per heavy atom. The van der Waals surface area contributed by atoms with E-state index in [1.54, 1.807) is 13.8 Å². The topological polar surface area (TPSA) is 44.1 Å². The number of ether oxygens (including phenoxy) is 1. The summed E-state index contributed by atoms with van der Waals surface area (Å²) in [5.41, 5.74) is 1.20. The summed E-state index contributed by atoms with van der Waals surface area (Å²) in [6, 6.07) is 9.25. The molecule has 5 heteroatoms. The van der Waals surface area contributed by atoms with Crippen molar-refractivity contribution in [1.29, 1.82) is 0 Å². The molecule has 0 bridgehead atoms. The third-order valence-electron chi connectivity index (χ3n) is 2.87. The lowest BCUT2D eigenvalue weighted by Gasteiger charge is -2.07. The second kappa shape index (κ2) is 5.69. The summed E-state index contributed by atoms with van der Waals surface area (Å²) < 4.78 is 20.1. The smallest absolute Gasteiger partial charge is 0.361 e. The molecule has 0 aliphatic rings. The number of carbonyl (C=O) groups is 1. The Hall–Kier alpha value is -2.43. The van der Waals surface area contributed by atoms with Crippen LogP contribution in [0.15, 0.2) is 36.9 Å². The van der Waals surface area contributed by atoms with Gasteiger partial charge in [-0.05, 0) is 19.4 Å². The monoisotopic (exact) mass is 274 g/mol. The first kappa shape index (κ1) is 14.0. The highest BCUT2D eigenvalue weighted by Gasteiger charge is 2.23. The van der Waals surface area contributed by atoms with Gasteiger partial charge in [0.1, 0.15) is 0 Å². The lowest BCUT2D eigenvalue weighted by Crippen LogP contribution is -2.08. The van der Waals surface area contributed by atoms with Crippen LogP contribution < -0.4 is 0 Å². The molecule has 2 aromatic rings. The molecule has 104 valence electrons. The summed E-state index contributed by atoms with van der Waals surface area (Å²) in [6.45, 7) is 7.26. The van der Waals surface area contributed by atoms with Crippen LogP contribution in [0.5, 0.6) is 0 Å². The van der Waals surface area contributed by atoms with Crippen molar-refractivity contribution >= 4 is 11.7 Å². The van der Waals surface area contributed by atoms with E-state index in [-0.39, 0.29) is 18.0 Å². The molecule has 0 saturated heterocycles. The normalized spacial score (nSPS) is 10.3. The van der Waals surface area contributed by atoms with Gasteiger partial charge in [0, 0.05) is 0 Å². The van der Waals surface area contributed by atoms with Crippen LogP contribution in [-0.2, 0) is 4.74 Å². The van der Waals surface area contributed by atoms with Gasteiger partial charge in [-0.2, -0.15) is 5.10 Å². The first-order valence-electron chi connectivity index (χ1n) is 6.23. The second-order valence-corrected chi connectivity index (χ2v) is 4.19. The van der Waals surface area contributed by atoms with Crippen molar-refractivity contribution in [3.63, 3.8) is 0 Å². The van der Waals surface area contributed by atoms with Crippen molar-refractivity contribution in [2.75, 3.05) is 6.61 Å². The number of aromatic nitrogens is 2. The Bertz CT molecular complexity index is 647. The van der Waals surface area contributed by atoms with Crippen molar-refractivity contribution in [3.05, 3.63) is 59.7 Å². The number of hydrogen-bond donors (Lipinski definition) is 0. The molecule has 20 heavy (non-hydrogen) atoms. The van der Waals surface area contributed by atoms with E-state index >= 15 is 0 Å². The first-order valence-corrected chi connectivity index (χ1v) is 6.23. The first-order chi connectivity index (χ1) is 9.56. The average molecular weight is 274 g/mol. The molecule has 0 N–H and O–H groups in total. The molecule has 2 rings (SSSR count). The van der Waals surface area contributed by atoms with Gasteiger partial charge in [-0.25, -0.2) is 13.9 Å². The van der Waals surface area contributed by atoms with Gasteiger partial charge < -0.3 is 4.74 Å². The van der Waals surface area contributed by atoms with Crippen LogP contribution in [0.3, 0.4) is 0 Å². The molecule has 0 fully saturated rings. The van der Waals surface area contributed by atoms with Crippen LogP contribution in [0.4, 0.5) is 4.39 Å². The Labute approximate surface area is 116 Å². The zero-order chi connectivity index (χ0) is 14.7. The van der Waals surface area contributed by atoms with Crippen LogP contribution in [0.2, 0.25) is 0 Å².